The fraction of sp³-hybridized carbons (Fsp3) is 0.391. The highest BCUT2D eigenvalue weighted by atomic mass is 35.5. The van der Waals surface area contributed by atoms with E-state index in [1.807, 2.05) is 24.4 Å². The molecule has 2 heterocycles. The van der Waals surface area contributed by atoms with Crippen LogP contribution in [0, 0.1) is 5.92 Å². The van der Waals surface area contributed by atoms with Gasteiger partial charge in [-0.2, -0.15) is 0 Å². The maximum atomic E-state index is 10.8. The number of aromatic nitrogens is 1. The number of halogens is 2. The smallest absolute Gasteiger partial charge is 0.205 e. The fourth-order valence-electron chi connectivity index (χ4n) is 3.95. The van der Waals surface area contributed by atoms with E-state index in [9.17, 15) is 5.11 Å². The molecule has 1 aromatic heterocycles. The average Bonchev–Trinajstić information content (AvgIpc) is 3.05. The molecule has 1 fully saturated rings. The summed E-state index contributed by atoms with van der Waals surface area (Å²) < 4.78 is 13.2. The average molecular weight is 449 g/mol. The van der Waals surface area contributed by atoms with Crippen molar-refractivity contribution < 1.29 is 14.6 Å². The molecular formula is C23H26Cl2N2O3. The zero-order chi connectivity index (χ0) is 21.3. The maximum absolute atomic E-state index is 10.8. The minimum atomic E-state index is 0.0604. The predicted molar refractivity (Wildman–Crippen MR) is 122 cm³/mol. The van der Waals surface area contributed by atoms with E-state index in [1.54, 1.807) is 23.8 Å². The first-order chi connectivity index (χ1) is 14.5. The van der Waals surface area contributed by atoms with Crippen molar-refractivity contribution in [3.8, 4) is 23.1 Å². The van der Waals surface area contributed by atoms with E-state index >= 15 is 0 Å². The summed E-state index contributed by atoms with van der Waals surface area (Å²) in [5, 5.41) is 13.0. The van der Waals surface area contributed by atoms with Gasteiger partial charge in [-0.15, -0.1) is 0 Å². The van der Waals surface area contributed by atoms with Gasteiger partial charge in [-0.1, -0.05) is 30.1 Å². The molecule has 0 bridgehead atoms. The van der Waals surface area contributed by atoms with Crippen LogP contribution in [0.3, 0.4) is 0 Å². The molecule has 160 valence electrons. The standard InChI is InChI=1S/C23H26Cl2N2O3/c1-15-5-7-26(8-6-15)9-10-30-21-13-18(3-4-20(21)29-2)27-14-16-11-17(24)12-19(25)22(16)23(27)28/h3-4,11-15,28H,5-10H2,1-2H3. The fourth-order valence-corrected chi connectivity index (χ4v) is 4.54. The van der Waals surface area contributed by atoms with Crippen LogP contribution in [0.2, 0.25) is 10.0 Å². The second-order valence-electron chi connectivity index (χ2n) is 7.88. The van der Waals surface area contributed by atoms with Crippen LogP contribution in [-0.2, 0) is 0 Å². The number of hydrogen-bond donors (Lipinski definition) is 1. The number of nitrogens with zero attached hydrogens (tertiary/aromatic N) is 2. The summed E-state index contributed by atoms with van der Waals surface area (Å²) in [4.78, 5) is 2.44. The number of aromatic hydroxyl groups is 1. The Labute approximate surface area is 186 Å². The molecule has 1 saturated heterocycles. The van der Waals surface area contributed by atoms with E-state index in [0.29, 0.717) is 33.5 Å². The summed E-state index contributed by atoms with van der Waals surface area (Å²) in [5.74, 6) is 2.17. The van der Waals surface area contributed by atoms with Gasteiger partial charge in [0.25, 0.3) is 0 Å². The summed E-state index contributed by atoms with van der Waals surface area (Å²) >= 11 is 12.4. The van der Waals surface area contributed by atoms with E-state index in [0.717, 1.165) is 36.6 Å². The van der Waals surface area contributed by atoms with Gasteiger partial charge >= 0.3 is 0 Å². The number of fused-ring (bicyclic) bond motifs is 1. The van der Waals surface area contributed by atoms with Gasteiger partial charge in [-0.05, 0) is 56.1 Å². The highest BCUT2D eigenvalue weighted by Gasteiger charge is 2.17. The molecule has 5 nitrogen and oxygen atoms in total. The number of likely N-dealkylation sites (tertiary alicyclic amines) is 1. The Balaban J connectivity index is 1.56. The molecule has 3 aromatic rings. The van der Waals surface area contributed by atoms with Crippen molar-refractivity contribution in [3.05, 3.63) is 46.6 Å². The van der Waals surface area contributed by atoms with Crippen molar-refractivity contribution in [2.45, 2.75) is 19.8 Å². The maximum Gasteiger partial charge on any atom is 0.205 e. The van der Waals surface area contributed by atoms with Crippen LogP contribution in [0.1, 0.15) is 19.8 Å². The number of benzene rings is 2. The summed E-state index contributed by atoms with van der Waals surface area (Å²) in [6.45, 7) is 6.01. The first kappa shape index (κ1) is 21.2. The molecule has 7 heteroatoms. The van der Waals surface area contributed by atoms with Crippen LogP contribution < -0.4 is 9.47 Å². The van der Waals surface area contributed by atoms with Gasteiger partial charge in [-0.25, -0.2) is 0 Å². The van der Waals surface area contributed by atoms with Crippen molar-refractivity contribution in [3.63, 3.8) is 0 Å². The molecule has 1 aliphatic heterocycles. The van der Waals surface area contributed by atoms with Gasteiger partial charge in [0.05, 0.1) is 23.2 Å². The molecule has 0 saturated carbocycles. The van der Waals surface area contributed by atoms with Crippen LogP contribution in [0.4, 0.5) is 0 Å². The molecule has 1 N–H and O–H groups in total. The zero-order valence-electron chi connectivity index (χ0n) is 17.2. The van der Waals surface area contributed by atoms with Gasteiger partial charge < -0.3 is 14.6 Å². The predicted octanol–water partition coefficient (Wildman–Crippen LogP) is 5.76. The highest BCUT2D eigenvalue weighted by molar-refractivity contribution is 6.39. The van der Waals surface area contributed by atoms with Crippen molar-refractivity contribution in [2.75, 3.05) is 33.4 Å². The number of ether oxygens (including phenoxy) is 2. The Bertz CT molecular complexity index is 1040. The topological polar surface area (TPSA) is 46.9 Å². The molecule has 0 spiro atoms. The van der Waals surface area contributed by atoms with E-state index in [4.69, 9.17) is 32.7 Å². The van der Waals surface area contributed by atoms with E-state index in [2.05, 4.69) is 11.8 Å². The van der Waals surface area contributed by atoms with E-state index in [-0.39, 0.29) is 5.88 Å². The SMILES string of the molecule is COc1ccc(-n2cc3cc(Cl)cc(Cl)c3c2O)cc1OCCN1CCC(C)CC1. The van der Waals surface area contributed by atoms with Gasteiger partial charge in [-0.3, -0.25) is 9.47 Å². The van der Waals surface area contributed by atoms with Gasteiger partial charge in [0.2, 0.25) is 5.88 Å². The minimum absolute atomic E-state index is 0.0604. The molecule has 30 heavy (non-hydrogen) atoms. The van der Waals surface area contributed by atoms with E-state index in [1.165, 1.54) is 12.8 Å². The Hall–Kier alpha value is -2.08. The third-order valence-corrected chi connectivity index (χ3v) is 6.29. The molecule has 4 rings (SSSR count). The number of piperidine rings is 1. The molecule has 0 radical (unpaired) electrons. The Morgan fingerprint density at radius 2 is 1.87 bits per heavy atom. The third-order valence-electron chi connectivity index (χ3n) is 5.77. The molecule has 2 aromatic carbocycles. The summed E-state index contributed by atoms with van der Waals surface area (Å²) in [5.41, 5.74) is 0.749. The second-order valence-corrected chi connectivity index (χ2v) is 8.73. The van der Waals surface area contributed by atoms with E-state index < -0.39 is 0 Å². The molecule has 0 unspecified atom stereocenters. The second kappa shape index (κ2) is 8.96. The number of rotatable bonds is 6. The molecule has 0 amide bonds. The van der Waals surface area contributed by atoms with Crippen LogP contribution in [0.15, 0.2) is 36.5 Å². The molecule has 1 aliphatic rings. The largest absolute Gasteiger partial charge is 0.494 e. The zero-order valence-corrected chi connectivity index (χ0v) is 18.7. The van der Waals surface area contributed by atoms with Crippen molar-refractivity contribution in [2.24, 2.45) is 5.92 Å². The highest BCUT2D eigenvalue weighted by Crippen LogP contribution is 2.39. The lowest BCUT2D eigenvalue weighted by Gasteiger charge is -2.30. The summed E-state index contributed by atoms with van der Waals surface area (Å²) in [7, 11) is 1.62. The lowest BCUT2D eigenvalue weighted by atomic mass is 9.99. The van der Waals surface area contributed by atoms with Crippen LogP contribution in [0.25, 0.3) is 16.5 Å². The quantitative estimate of drug-likeness (QED) is 0.520. The van der Waals surface area contributed by atoms with Gasteiger partial charge in [0, 0.05) is 29.2 Å². The Morgan fingerprint density at radius 3 is 2.60 bits per heavy atom. The summed E-state index contributed by atoms with van der Waals surface area (Å²) in [6, 6.07) is 8.97. The number of hydrogen-bond acceptors (Lipinski definition) is 4. The first-order valence-electron chi connectivity index (χ1n) is 10.2. The minimum Gasteiger partial charge on any atom is -0.494 e. The Kier molecular flexibility index (Phi) is 6.32. The summed E-state index contributed by atoms with van der Waals surface area (Å²) in [6.07, 6.45) is 4.29. The van der Waals surface area contributed by atoms with Crippen LogP contribution in [0.5, 0.6) is 17.4 Å². The van der Waals surface area contributed by atoms with Gasteiger partial charge in [0.1, 0.15) is 6.61 Å². The lowest BCUT2D eigenvalue weighted by Crippen LogP contribution is -2.35. The normalized spacial score (nSPS) is 15.6. The lowest BCUT2D eigenvalue weighted by molar-refractivity contribution is 0.158. The molecular weight excluding hydrogens is 423 g/mol. The first-order valence-corrected chi connectivity index (χ1v) is 10.9. The van der Waals surface area contributed by atoms with Crippen molar-refractivity contribution >= 4 is 34.0 Å². The van der Waals surface area contributed by atoms with Crippen molar-refractivity contribution in [1.82, 2.24) is 9.47 Å². The number of methoxy groups -OCH3 is 1. The third kappa shape index (κ3) is 4.34. The molecule has 0 aliphatic carbocycles. The van der Waals surface area contributed by atoms with Crippen LogP contribution in [-0.4, -0.2) is 47.9 Å². The monoisotopic (exact) mass is 448 g/mol. The van der Waals surface area contributed by atoms with Crippen LogP contribution >= 0.6 is 23.2 Å². The van der Waals surface area contributed by atoms with Crippen molar-refractivity contribution in [1.29, 1.82) is 0 Å². The van der Waals surface area contributed by atoms with Gasteiger partial charge in [0.15, 0.2) is 11.5 Å². The Morgan fingerprint density at radius 1 is 1.10 bits per heavy atom. The molecule has 0 atom stereocenters.